The first kappa shape index (κ1) is 13.0. The van der Waals surface area contributed by atoms with E-state index in [1.807, 2.05) is 13.8 Å². The van der Waals surface area contributed by atoms with Crippen LogP contribution in [-0.2, 0) is 9.63 Å². The zero-order valence-corrected chi connectivity index (χ0v) is 11.2. The van der Waals surface area contributed by atoms with Crippen molar-refractivity contribution in [2.24, 2.45) is 17.3 Å². The molecule has 0 spiro atoms. The molecule has 0 aromatic rings. The van der Waals surface area contributed by atoms with Gasteiger partial charge >= 0.3 is 5.97 Å². The van der Waals surface area contributed by atoms with Crippen LogP contribution in [-0.4, -0.2) is 22.0 Å². The van der Waals surface area contributed by atoms with Crippen molar-refractivity contribution in [2.45, 2.75) is 24.6 Å². The van der Waals surface area contributed by atoms with Crippen molar-refractivity contribution in [1.82, 2.24) is 5.48 Å². The lowest BCUT2D eigenvalue weighted by atomic mass is 10.1. The van der Waals surface area contributed by atoms with Gasteiger partial charge in [0.1, 0.15) is 4.33 Å². The maximum absolute atomic E-state index is 10.9. The summed E-state index contributed by atoms with van der Waals surface area (Å²) in [5, 5.41) is 8.94. The summed E-state index contributed by atoms with van der Waals surface area (Å²) in [6.45, 7) is 4.21. The molecule has 0 aromatic heterocycles. The van der Waals surface area contributed by atoms with E-state index in [-0.39, 0.29) is 11.3 Å². The third-order valence-corrected chi connectivity index (χ3v) is 4.40. The van der Waals surface area contributed by atoms with Crippen LogP contribution in [0.2, 0.25) is 0 Å². The number of rotatable bonds is 5. The number of aliphatic carboxylic acids is 1. The number of hydrogen-bond acceptors (Lipinski definition) is 3. The minimum atomic E-state index is -0.800. The molecular weight excluding hydrogens is 265 g/mol. The smallest absolute Gasteiger partial charge is 0.311 e. The Morgan fingerprint density at radius 2 is 2.24 bits per heavy atom. The molecule has 0 aromatic carbocycles. The molecule has 2 saturated carbocycles. The van der Waals surface area contributed by atoms with Crippen molar-refractivity contribution in [3.05, 3.63) is 11.8 Å². The van der Waals surface area contributed by atoms with Crippen molar-refractivity contribution in [3.63, 3.8) is 0 Å². The van der Waals surface area contributed by atoms with Crippen molar-refractivity contribution in [1.29, 1.82) is 0 Å². The van der Waals surface area contributed by atoms with Gasteiger partial charge in [-0.15, -0.1) is 23.2 Å². The van der Waals surface area contributed by atoms with Crippen LogP contribution in [0.1, 0.15) is 20.3 Å². The van der Waals surface area contributed by atoms with Crippen molar-refractivity contribution in [2.75, 3.05) is 6.61 Å². The molecule has 2 rings (SSSR count). The molecule has 0 heterocycles. The van der Waals surface area contributed by atoms with Crippen LogP contribution in [0, 0.1) is 17.3 Å². The van der Waals surface area contributed by atoms with Gasteiger partial charge in [-0.05, 0) is 12.0 Å². The first-order valence-electron chi connectivity index (χ1n) is 5.45. The Morgan fingerprint density at radius 3 is 2.65 bits per heavy atom. The quantitative estimate of drug-likeness (QED) is 0.461. The molecule has 1 unspecified atom stereocenters. The van der Waals surface area contributed by atoms with Gasteiger partial charge in [0.05, 0.1) is 12.5 Å². The Bertz CT molecular complexity index is 379. The van der Waals surface area contributed by atoms with Gasteiger partial charge in [-0.2, -0.15) is 0 Å². The minimum absolute atomic E-state index is 0.152. The monoisotopic (exact) mass is 279 g/mol. The number of carboxylic acids is 1. The minimum Gasteiger partial charge on any atom is -0.481 e. The summed E-state index contributed by atoms with van der Waals surface area (Å²) in [5.41, 5.74) is 3.20. The summed E-state index contributed by atoms with van der Waals surface area (Å²) in [7, 11) is 0. The summed E-state index contributed by atoms with van der Waals surface area (Å²) in [4.78, 5) is 16.1. The molecule has 4 nitrogen and oxygen atoms in total. The molecule has 0 saturated heterocycles. The number of hydrogen-bond donors (Lipinski definition) is 2. The summed E-state index contributed by atoms with van der Waals surface area (Å²) in [5.74, 6) is -1.07. The average Bonchev–Trinajstić information content (AvgIpc) is 2.95. The molecule has 17 heavy (non-hydrogen) atoms. The first-order valence-corrected chi connectivity index (χ1v) is 6.21. The second-order valence-corrected chi connectivity index (χ2v) is 6.73. The molecule has 96 valence electrons. The molecule has 2 aliphatic rings. The number of carbonyl (C=O) groups is 1. The van der Waals surface area contributed by atoms with Gasteiger partial charge < -0.3 is 5.11 Å². The van der Waals surface area contributed by atoms with E-state index in [0.717, 1.165) is 12.0 Å². The molecule has 0 radical (unpaired) electrons. The Balaban J connectivity index is 1.74. The highest BCUT2D eigenvalue weighted by molar-refractivity contribution is 6.50. The topological polar surface area (TPSA) is 58.6 Å². The molecule has 2 aliphatic carbocycles. The standard InChI is InChI=1S/C11H15Cl2NO3/c1-10(2)7(8(10)9(15)16)4-14-17-5-6-3-11(6,12)13/h4,6,8,14H,3,5H2,1-2H3,(H,15,16)/t6?,8-/m0/s1. The van der Waals surface area contributed by atoms with Gasteiger partial charge in [0, 0.05) is 17.5 Å². The largest absolute Gasteiger partial charge is 0.481 e. The summed E-state index contributed by atoms with van der Waals surface area (Å²) in [6, 6.07) is 0. The number of hydroxylamine groups is 1. The maximum atomic E-state index is 10.9. The highest BCUT2D eigenvalue weighted by atomic mass is 35.5. The van der Waals surface area contributed by atoms with E-state index in [9.17, 15) is 4.79 Å². The summed E-state index contributed by atoms with van der Waals surface area (Å²) >= 11 is 11.7. The Kier molecular flexibility index (Phi) is 3.09. The second-order valence-electron chi connectivity index (χ2n) is 5.18. The van der Waals surface area contributed by atoms with Gasteiger partial charge in [-0.3, -0.25) is 15.1 Å². The fourth-order valence-corrected chi connectivity index (χ4v) is 2.49. The lowest BCUT2D eigenvalue weighted by Crippen LogP contribution is -2.11. The lowest BCUT2D eigenvalue weighted by molar-refractivity contribution is -0.139. The van der Waals surface area contributed by atoms with E-state index in [1.54, 1.807) is 6.20 Å². The van der Waals surface area contributed by atoms with E-state index in [1.165, 1.54) is 0 Å². The Hall–Kier alpha value is -0.450. The predicted molar refractivity (Wildman–Crippen MR) is 64.6 cm³/mol. The van der Waals surface area contributed by atoms with Crippen LogP contribution in [0.25, 0.3) is 0 Å². The van der Waals surface area contributed by atoms with Crippen molar-refractivity contribution < 1.29 is 14.7 Å². The normalized spacial score (nSPS) is 34.5. The van der Waals surface area contributed by atoms with E-state index in [0.29, 0.717) is 6.61 Å². The van der Waals surface area contributed by atoms with Crippen LogP contribution in [0.4, 0.5) is 0 Å². The van der Waals surface area contributed by atoms with E-state index in [4.69, 9.17) is 33.1 Å². The fourth-order valence-electron chi connectivity index (χ4n) is 2.00. The van der Waals surface area contributed by atoms with E-state index in [2.05, 4.69) is 5.48 Å². The SMILES string of the molecule is CC1(C)C(=CNOCC2CC2(Cl)Cl)[C@H]1C(=O)O. The molecule has 6 heteroatoms. The van der Waals surface area contributed by atoms with E-state index >= 15 is 0 Å². The average molecular weight is 280 g/mol. The van der Waals surface area contributed by atoms with E-state index < -0.39 is 16.2 Å². The zero-order valence-electron chi connectivity index (χ0n) is 9.67. The van der Waals surface area contributed by atoms with Gasteiger partial charge in [0.25, 0.3) is 0 Å². The first-order chi connectivity index (χ1) is 7.77. The number of halogens is 2. The Labute approximate surface area is 110 Å². The lowest BCUT2D eigenvalue weighted by Gasteiger charge is -2.02. The number of alkyl halides is 2. The molecule has 0 aliphatic heterocycles. The predicted octanol–water partition coefficient (Wildman–Crippen LogP) is 2.33. The zero-order chi connectivity index (χ0) is 12.8. The molecule has 0 bridgehead atoms. The van der Waals surface area contributed by atoms with Gasteiger partial charge in [-0.25, -0.2) is 0 Å². The second kappa shape index (κ2) is 4.04. The van der Waals surface area contributed by atoms with Gasteiger partial charge in [0.2, 0.25) is 0 Å². The van der Waals surface area contributed by atoms with Gasteiger partial charge in [-0.1, -0.05) is 13.8 Å². The molecular formula is C11H15Cl2NO3. The van der Waals surface area contributed by atoms with Crippen LogP contribution in [0.3, 0.4) is 0 Å². The highest BCUT2D eigenvalue weighted by Gasteiger charge is 2.57. The molecule has 0 amide bonds. The van der Waals surface area contributed by atoms with Crippen molar-refractivity contribution in [3.8, 4) is 0 Å². The molecule has 2 fully saturated rings. The molecule has 2 N–H and O–H groups in total. The highest BCUT2D eigenvalue weighted by Crippen LogP contribution is 2.57. The van der Waals surface area contributed by atoms with Crippen LogP contribution in [0.5, 0.6) is 0 Å². The number of carboxylic acid groups (broad SMARTS) is 1. The number of nitrogens with one attached hydrogen (secondary N) is 1. The van der Waals surface area contributed by atoms with Crippen LogP contribution >= 0.6 is 23.2 Å². The third kappa shape index (κ3) is 2.54. The van der Waals surface area contributed by atoms with Crippen molar-refractivity contribution >= 4 is 29.2 Å². The summed E-state index contributed by atoms with van der Waals surface area (Å²) < 4.78 is -0.642. The molecule has 2 atom stereocenters. The summed E-state index contributed by atoms with van der Waals surface area (Å²) in [6.07, 6.45) is 2.35. The Morgan fingerprint density at radius 1 is 1.65 bits per heavy atom. The maximum Gasteiger partial charge on any atom is 0.311 e. The van der Waals surface area contributed by atoms with Crippen LogP contribution in [0.15, 0.2) is 11.8 Å². The van der Waals surface area contributed by atoms with Crippen LogP contribution < -0.4 is 5.48 Å². The van der Waals surface area contributed by atoms with Gasteiger partial charge in [0.15, 0.2) is 0 Å². The third-order valence-electron chi connectivity index (χ3n) is 3.48. The fraction of sp³-hybridized carbons (Fsp3) is 0.727.